The van der Waals surface area contributed by atoms with Gasteiger partial charge in [0, 0.05) is 12.0 Å². The average Bonchev–Trinajstić information content (AvgIpc) is 3.36. The number of H-pyrrole nitrogens is 1. The van der Waals surface area contributed by atoms with Crippen molar-refractivity contribution in [3.63, 3.8) is 0 Å². The van der Waals surface area contributed by atoms with Crippen LogP contribution in [0.3, 0.4) is 0 Å². The summed E-state index contributed by atoms with van der Waals surface area (Å²) in [5.41, 5.74) is 7.73. The highest BCUT2D eigenvalue weighted by Gasteiger charge is 2.35. The number of ether oxygens (including phenoxy) is 1. The molecular formula is C27H26F3N3O2. The molecule has 4 aromatic rings. The highest BCUT2D eigenvalue weighted by molar-refractivity contribution is 5.64. The van der Waals surface area contributed by atoms with Crippen molar-refractivity contribution < 1.29 is 23.0 Å². The van der Waals surface area contributed by atoms with Gasteiger partial charge in [0.25, 0.3) is 0 Å². The first-order chi connectivity index (χ1) is 16.7. The van der Waals surface area contributed by atoms with Crippen LogP contribution in [0.15, 0.2) is 79.0 Å². The Hall–Kier alpha value is -3.62. The Kier molecular flexibility index (Phi) is 6.95. The van der Waals surface area contributed by atoms with Crippen molar-refractivity contribution in [2.24, 2.45) is 5.73 Å². The molecule has 0 aliphatic heterocycles. The van der Waals surface area contributed by atoms with Gasteiger partial charge in [-0.25, -0.2) is 4.98 Å². The lowest BCUT2D eigenvalue weighted by Crippen LogP contribution is -2.38. The zero-order chi connectivity index (χ0) is 25.1. The highest BCUT2D eigenvalue weighted by Crippen LogP contribution is 2.39. The molecule has 1 aromatic heterocycles. The van der Waals surface area contributed by atoms with E-state index in [1.807, 2.05) is 54.6 Å². The zero-order valence-electron chi connectivity index (χ0n) is 19.1. The van der Waals surface area contributed by atoms with Crippen LogP contribution >= 0.6 is 0 Å². The Balaban J connectivity index is 1.47. The van der Waals surface area contributed by atoms with Crippen LogP contribution in [0.1, 0.15) is 23.9 Å². The van der Waals surface area contributed by atoms with Gasteiger partial charge in [0.05, 0.1) is 36.2 Å². The second-order valence-corrected chi connectivity index (χ2v) is 8.59. The zero-order valence-corrected chi connectivity index (χ0v) is 19.1. The van der Waals surface area contributed by atoms with Gasteiger partial charge in [0.15, 0.2) is 0 Å². The average molecular weight is 482 g/mol. The summed E-state index contributed by atoms with van der Waals surface area (Å²) in [5, 5.41) is 9.39. The molecule has 0 amide bonds. The second-order valence-electron chi connectivity index (χ2n) is 8.59. The van der Waals surface area contributed by atoms with Crippen molar-refractivity contribution in [3.8, 4) is 28.1 Å². The summed E-state index contributed by atoms with van der Waals surface area (Å²) in [6, 6.07) is 21.7. The highest BCUT2D eigenvalue weighted by atomic mass is 19.4. The van der Waals surface area contributed by atoms with Gasteiger partial charge in [-0.2, -0.15) is 13.2 Å². The molecule has 35 heavy (non-hydrogen) atoms. The number of rotatable bonds is 8. The standard InChI is InChI=1S/C27H26F3N3O2/c1-26(31,17-34)25-32-16-23(33-25)21-11-12-24(22(15-21)27(28,29)30)35-14-13-18-7-9-20(10-8-18)19-5-3-2-4-6-19/h2-12,15-16,34H,13-14,17,31H2,1H3,(H,32,33). The van der Waals surface area contributed by atoms with Crippen molar-refractivity contribution in [2.75, 3.05) is 13.2 Å². The van der Waals surface area contributed by atoms with E-state index in [2.05, 4.69) is 9.97 Å². The van der Waals surface area contributed by atoms with Gasteiger partial charge in [0.2, 0.25) is 0 Å². The summed E-state index contributed by atoms with van der Waals surface area (Å²) in [6.45, 7) is 1.31. The smallest absolute Gasteiger partial charge is 0.419 e. The summed E-state index contributed by atoms with van der Waals surface area (Å²) in [4.78, 5) is 7.00. The molecule has 8 heteroatoms. The summed E-state index contributed by atoms with van der Waals surface area (Å²) in [7, 11) is 0. The van der Waals surface area contributed by atoms with Gasteiger partial charge in [-0.3, -0.25) is 0 Å². The maximum atomic E-state index is 13.8. The second kappa shape index (κ2) is 9.93. The number of hydrogen-bond acceptors (Lipinski definition) is 4. The Bertz CT molecular complexity index is 1270. The van der Waals surface area contributed by atoms with Crippen molar-refractivity contribution in [1.82, 2.24) is 9.97 Å². The van der Waals surface area contributed by atoms with E-state index in [1.54, 1.807) is 6.92 Å². The molecule has 1 atom stereocenters. The largest absolute Gasteiger partial charge is 0.493 e. The lowest BCUT2D eigenvalue weighted by Gasteiger charge is -2.18. The van der Waals surface area contributed by atoms with Gasteiger partial charge >= 0.3 is 6.18 Å². The number of aliphatic hydroxyl groups excluding tert-OH is 1. The fourth-order valence-electron chi connectivity index (χ4n) is 3.65. The molecular weight excluding hydrogens is 455 g/mol. The third-order valence-corrected chi connectivity index (χ3v) is 5.75. The van der Waals surface area contributed by atoms with Gasteiger partial charge in [-0.15, -0.1) is 0 Å². The fraction of sp³-hybridized carbons (Fsp3) is 0.222. The molecule has 0 saturated heterocycles. The molecule has 1 heterocycles. The van der Waals surface area contributed by atoms with Crippen LogP contribution in [0, 0.1) is 0 Å². The van der Waals surface area contributed by atoms with E-state index < -0.39 is 17.3 Å². The number of imidazole rings is 1. The molecule has 0 aliphatic rings. The van der Waals surface area contributed by atoms with Crippen molar-refractivity contribution in [2.45, 2.75) is 25.1 Å². The molecule has 0 radical (unpaired) electrons. The first kappa shape index (κ1) is 24.5. The van der Waals surface area contributed by atoms with E-state index >= 15 is 0 Å². The van der Waals surface area contributed by atoms with Crippen LogP contribution in [0.4, 0.5) is 13.2 Å². The number of aliphatic hydroxyl groups is 1. The molecule has 1 unspecified atom stereocenters. The molecule has 0 aliphatic carbocycles. The number of nitrogens with two attached hydrogens (primary N) is 1. The van der Waals surface area contributed by atoms with Crippen LogP contribution in [0.2, 0.25) is 0 Å². The van der Waals surface area contributed by atoms with Crippen molar-refractivity contribution in [3.05, 3.63) is 95.9 Å². The third-order valence-electron chi connectivity index (χ3n) is 5.75. The maximum Gasteiger partial charge on any atom is 0.419 e. The van der Waals surface area contributed by atoms with E-state index in [1.165, 1.54) is 18.3 Å². The van der Waals surface area contributed by atoms with Crippen LogP contribution in [-0.4, -0.2) is 28.3 Å². The van der Waals surface area contributed by atoms with E-state index in [-0.39, 0.29) is 30.4 Å². The number of aromatic nitrogens is 2. The first-order valence-corrected chi connectivity index (χ1v) is 11.1. The first-order valence-electron chi connectivity index (χ1n) is 11.1. The van der Waals surface area contributed by atoms with Crippen LogP contribution in [0.5, 0.6) is 5.75 Å². The van der Waals surface area contributed by atoms with Gasteiger partial charge in [-0.05, 0) is 41.8 Å². The minimum Gasteiger partial charge on any atom is -0.493 e. The lowest BCUT2D eigenvalue weighted by molar-refractivity contribution is -0.138. The Morgan fingerprint density at radius 1 is 0.943 bits per heavy atom. The number of hydrogen-bond donors (Lipinski definition) is 3. The number of alkyl halides is 3. The minimum absolute atomic E-state index is 0.101. The normalized spacial score (nSPS) is 13.4. The molecule has 3 aromatic carbocycles. The number of nitrogens with zero attached hydrogens (tertiary/aromatic N) is 1. The fourth-order valence-corrected chi connectivity index (χ4v) is 3.65. The minimum atomic E-state index is -4.60. The van der Waals surface area contributed by atoms with E-state index in [0.29, 0.717) is 12.1 Å². The van der Waals surface area contributed by atoms with Crippen LogP contribution in [0.25, 0.3) is 22.4 Å². The summed E-state index contributed by atoms with van der Waals surface area (Å²) in [5.74, 6) is 0.0445. The van der Waals surface area contributed by atoms with E-state index in [9.17, 15) is 18.3 Å². The summed E-state index contributed by atoms with van der Waals surface area (Å²) in [6.07, 6.45) is -2.74. The monoisotopic (exact) mass is 481 g/mol. The molecule has 182 valence electrons. The van der Waals surface area contributed by atoms with Crippen LogP contribution in [-0.2, 0) is 18.1 Å². The molecule has 4 N–H and O–H groups in total. The SMILES string of the molecule is CC(N)(CO)c1ncc(-c2ccc(OCCc3ccc(-c4ccccc4)cc3)c(C(F)(F)F)c2)[nH]1. The quantitative estimate of drug-likeness (QED) is 0.308. The summed E-state index contributed by atoms with van der Waals surface area (Å²) >= 11 is 0. The Labute approximate surface area is 201 Å². The molecule has 0 bridgehead atoms. The number of benzene rings is 3. The maximum absolute atomic E-state index is 13.8. The van der Waals surface area contributed by atoms with Gasteiger partial charge < -0.3 is 20.6 Å². The van der Waals surface area contributed by atoms with Crippen molar-refractivity contribution in [1.29, 1.82) is 0 Å². The lowest BCUT2D eigenvalue weighted by atomic mass is 10.0. The van der Waals surface area contributed by atoms with Crippen LogP contribution < -0.4 is 10.5 Å². The topological polar surface area (TPSA) is 84.2 Å². The molecule has 0 fully saturated rings. The Morgan fingerprint density at radius 2 is 1.60 bits per heavy atom. The van der Waals surface area contributed by atoms with Crippen molar-refractivity contribution >= 4 is 0 Å². The number of nitrogens with one attached hydrogen (secondary N) is 1. The van der Waals surface area contributed by atoms with Gasteiger partial charge in [-0.1, -0.05) is 54.6 Å². The van der Waals surface area contributed by atoms with Gasteiger partial charge in [0.1, 0.15) is 11.6 Å². The molecule has 5 nitrogen and oxygen atoms in total. The third kappa shape index (κ3) is 5.72. The van der Waals surface area contributed by atoms with E-state index in [0.717, 1.165) is 22.8 Å². The predicted molar refractivity (Wildman–Crippen MR) is 129 cm³/mol. The molecule has 0 saturated carbocycles. The van der Waals surface area contributed by atoms with E-state index in [4.69, 9.17) is 10.5 Å². The predicted octanol–water partition coefficient (Wildman–Crippen LogP) is 5.55. The number of halogens is 3. The molecule has 4 rings (SSSR count). The number of aromatic amines is 1. The Morgan fingerprint density at radius 3 is 2.26 bits per heavy atom. The summed E-state index contributed by atoms with van der Waals surface area (Å²) < 4.78 is 46.9. The molecule has 0 spiro atoms.